The lowest BCUT2D eigenvalue weighted by atomic mass is 10.0. The van der Waals surface area contributed by atoms with E-state index in [2.05, 4.69) is 42.7 Å². The number of fused-ring (bicyclic) bond motifs is 1. The largest absolute Gasteiger partial charge is 0.265 e. The Morgan fingerprint density at radius 3 is 2.16 bits per heavy atom. The van der Waals surface area contributed by atoms with E-state index in [0.29, 0.717) is 0 Å². The summed E-state index contributed by atoms with van der Waals surface area (Å²) in [4.78, 5) is 11.4. The summed E-state index contributed by atoms with van der Waals surface area (Å²) in [6.45, 7) is 0. The molecule has 25 heavy (non-hydrogen) atoms. The normalized spacial score (nSPS) is 11.2. The van der Waals surface area contributed by atoms with Crippen LogP contribution in [0.1, 0.15) is 0 Å². The summed E-state index contributed by atoms with van der Waals surface area (Å²) in [5, 5.41) is 4.13. The Morgan fingerprint density at radius 1 is 0.720 bits per heavy atom. The van der Waals surface area contributed by atoms with Crippen LogP contribution in [0.2, 0.25) is 0 Å². The van der Waals surface area contributed by atoms with Crippen molar-refractivity contribution in [2.24, 2.45) is 0 Å². The first kappa shape index (κ1) is 14.8. The molecule has 120 valence electrons. The van der Waals surface area contributed by atoms with Gasteiger partial charge in [-0.2, -0.15) is 8.75 Å². The van der Waals surface area contributed by atoms with Crippen molar-refractivity contribution in [1.29, 1.82) is 0 Å². The summed E-state index contributed by atoms with van der Waals surface area (Å²) < 4.78 is 9.16. The predicted octanol–water partition coefficient (Wildman–Crippen LogP) is 5.61. The van der Waals surface area contributed by atoms with Gasteiger partial charge in [0.25, 0.3) is 0 Å². The summed E-state index contributed by atoms with van der Waals surface area (Å²) in [6, 6.07) is 12.2. The van der Waals surface area contributed by atoms with Gasteiger partial charge in [-0.25, -0.2) is 4.98 Å². The molecule has 5 rings (SSSR count). The van der Waals surface area contributed by atoms with Crippen LogP contribution in [0, 0.1) is 0 Å². The van der Waals surface area contributed by atoms with E-state index in [9.17, 15) is 0 Å². The van der Waals surface area contributed by atoms with E-state index in [1.165, 1.54) is 11.7 Å². The molecular weight excluding hydrogens is 368 g/mol. The van der Waals surface area contributed by atoms with Crippen molar-refractivity contribution in [3.05, 3.63) is 59.6 Å². The first-order chi connectivity index (χ1) is 12.4. The minimum Gasteiger partial charge on any atom is -0.265 e. The first-order valence-electron chi connectivity index (χ1n) is 7.56. The zero-order chi connectivity index (χ0) is 16.6. The van der Waals surface area contributed by atoms with Crippen molar-refractivity contribution in [1.82, 2.24) is 18.7 Å². The molecule has 0 aliphatic carbocycles. The van der Waals surface area contributed by atoms with Crippen LogP contribution in [-0.2, 0) is 0 Å². The van der Waals surface area contributed by atoms with Crippen LogP contribution in [0.15, 0.2) is 59.6 Å². The third-order valence-corrected chi connectivity index (χ3v) is 6.18. The molecule has 5 aromatic rings. The minimum atomic E-state index is 0.869. The molecule has 5 aromatic heterocycles. The van der Waals surface area contributed by atoms with Crippen LogP contribution in [0.3, 0.4) is 0 Å². The van der Waals surface area contributed by atoms with Crippen LogP contribution in [0.4, 0.5) is 0 Å². The van der Waals surface area contributed by atoms with Gasteiger partial charge < -0.3 is 0 Å². The van der Waals surface area contributed by atoms with Gasteiger partial charge in [0.1, 0.15) is 16.7 Å². The number of hydrogen-bond donors (Lipinski definition) is 0. The Kier molecular flexibility index (Phi) is 3.62. The average molecular weight is 379 g/mol. The maximum absolute atomic E-state index is 5.04. The van der Waals surface area contributed by atoms with Crippen LogP contribution in [0.5, 0.6) is 0 Å². The van der Waals surface area contributed by atoms with Crippen LogP contribution in [-0.4, -0.2) is 18.7 Å². The second kappa shape index (κ2) is 6.11. The number of aromatic nitrogens is 4. The lowest BCUT2D eigenvalue weighted by molar-refractivity contribution is 1.30. The van der Waals surface area contributed by atoms with Crippen molar-refractivity contribution in [2.75, 3.05) is 0 Å². The molecule has 7 heteroatoms. The first-order valence-corrected chi connectivity index (χ1v) is 10.0. The number of nitrogens with zero attached hydrogens (tertiary/aromatic N) is 4. The topological polar surface area (TPSA) is 51.6 Å². The molecule has 0 spiro atoms. The van der Waals surface area contributed by atoms with E-state index in [0.717, 1.165) is 43.3 Å². The van der Waals surface area contributed by atoms with Gasteiger partial charge in [-0.05, 0) is 35.0 Å². The van der Waals surface area contributed by atoms with Gasteiger partial charge in [0.05, 0.1) is 22.3 Å². The van der Waals surface area contributed by atoms with E-state index in [4.69, 9.17) is 4.98 Å². The highest BCUT2D eigenvalue weighted by molar-refractivity contribution is 7.14. The molecule has 0 N–H and O–H groups in total. The molecule has 0 aliphatic heterocycles. The Bertz CT molecular complexity index is 1130. The zero-order valence-electron chi connectivity index (χ0n) is 12.8. The summed E-state index contributed by atoms with van der Waals surface area (Å²) in [7, 11) is 0. The van der Waals surface area contributed by atoms with E-state index < -0.39 is 0 Å². The van der Waals surface area contributed by atoms with E-state index in [-0.39, 0.29) is 0 Å². The van der Waals surface area contributed by atoms with Crippen molar-refractivity contribution in [3.63, 3.8) is 0 Å². The Balaban J connectivity index is 1.91. The molecule has 0 atom stereocenters. The third-order valence-electron chi connectivity index (χ3n) is 3.89. The standard InChI is InChI=1S/C18H10N4S3/c1-3-12(23-9-1)14-15(11-5-7-19-8-6-11)20-16(13-4-2-10-24-13)18-17(14)21-25-22-18/h1-10H. The molecule has 0 aliphatic rings. The Labute approximate surface area is 155 Å². The van der Waals surface area contributed by atoms with E-state index in [1.54, 1.807) is 35.1 Å². The van der Waals surface area contributed by atoms with Crippen molar-refractivity contribution in [3.8, 4) is 32.3 Å². The molecule has 0 bridgehead atoms. The number of pyridine rings is 2. The van der Waals surface area contributed by atoms with Crippen LogP contribution in [0.25, 0.3) is 43.3 Å². The molecule has 4 nitrogen and oxygen atoms in total. The minimum absolute atomic E-state index is 0.869. The molecule has 0 amide bonds. The average Bonchev–Trinajstić information content (AvgIpc) is 3.43. The summed E-state index contributed by atoms with van der Waals surface area (Å²) >= 11 is 4.59. The second-order valence-electron chi connectivity index (χ2n) is 5.34. The molecular formula is C18H10N4S3. The Morgan fingerprint density at radius 2 is 1.44 bits per heavy atom. The summed E-state index contributed by atoms with van der Waals surface area (Å²) in [6.07, 6.45) is 3.59. The van der Waals surface area contributed by atoms with E-state index in [1.807, 2.05) is 18.2 Å². The third kappa shape index (κ3) is 2.48. The molecule has 0 saturated carbocycles. The lowest BCUT2D eigenvalue weighted by Gasteiger charge is -2.11. The summed E-state index contributed by atoms with van der Waals surface area (Å²) in [5.74, 6) is 0. The monoisotopic (exact) mass is 378 g/mol. The van der Waals surface area contributed by atoms with Crippen molar-refractivity contribution < 1.29 is 0 Å². The second-order valence-corrected chi connectivity index (χ2v) is 7.76. The van der Waals surface area contributed by atoms with Crippen LogP contribution < -0.4 is 0 Å². The highest BCUT2D eigenvalue weighted by atomic mass is 32.1. The maximum Gasteiger partial charge on any atom is 0.132 e. The van der Waals surface area contributed by atoms with Crippen molar-refractivity contribution >= 4 is 45.4 Å². The van der Waals surface area contributed by atoms with Crippen LogP contribution >= 0.6 is 34.4 Å². The van der Waals surface area contributed by atoms with E-state index >= 15 is 0 Å². The molecule has 0 saturated heterocycles. The van der Waals surface area contributed by atoms with Gasteiger partial charge >= 0.3 is 0 Å². The zero-order valence-corrected chi connectivity index (χ0v) is 15.2. The fraction of sp³-hybridized carbons (Fsp3) is 0. The maximum atomic E-state index is 5.04. The van der Waals surface area contributed by atoms with Gasteiger partial charge in [-0.3, -0.25) is 4.98 Å². The molecule has 0 unspecified atom stereocenters. The van der Waals surface area contributed by atoms with Gasteiger partial charge in [0, 0.05) is 28.4 Å². The molecule has 0 radical (unpaired) electrons. The highest BCUT2D eigenvalue weighted by Gasteiger charge is 2.21. The fourth-order valence-corrected chi connectivity index (χ4v) is 4.84. The number of hydrogen-bond acceptors (Lipinski definition) is 7. The number of thiophene rings is 2. The highest BCUT2D eigenvalue weighted by Crippen LogP contribution is 2.41. The fourth-order valence-electron chi connectivity index (χ4n) is 2.80. The SMILES string of the molecule is c1csc(-c2nc(-c3ccncc3)c(-c3cccs3)c3nsnc23)c1. The smallest absolute Gasteiger partial charge is 0.132 e. The quantitative estimate of drug-likeness (QED) is 0.410. The molecule has 5 heterocycles. The predicted molar refractivity (Wildman–Crippen MR) is 105 cm³/mol. The Hall–Kier alpha value is -2.48. The van der Waals surface area contributed by atoms with Crippen molar-refractivity contribution in [2.45, 2.75) is 0 Å². The lowest BCUT2D eigenvalue weighted by Crippen LogP contribution is -1.94. The van der Waals surface area contributed by atoms with Gasteiger partial charge in [0.15, 0.2) is 0 Å². The molecule has 0 fully saturated rings. The van der Waals surface area contributed by atoms with Gasteiger partial charge in [-0.1, -0.05) is 12.1 Å². The van der Waals surface area contributed by atoms with Gasteiger partial charge in [-0.15, -0.1) is 22.7 Å². The number of rotatable bonds is 3. The van der Waals surface area contributed by atoms with Gasteiger partial charge in [0.2, 0.25) is 0 Å². The summed E-state index contributed by atoms with van der Waals surface area (Å²) in [5.41, 5.74) is 5.68. The molecule has 0 aromatic carbocycles.